The topological polar surface area (TPSA) is 25.2 Å². The van der Waals surface area contributed by atoms with Crippen molar-refractivity contribution in [3.05, 3.63) is 57.5 Å². The Hall–Kier alpha value is -1.20. The molecule has 2 aromatic rings. The third kappa shape index (κ3) is 2.87. The minimum Gasteiger partial charge on any atom is -0.464 e. The van der Waals surface area contributed by atoms with Crippen molar-refractivity contribution in [2.24, 2.45) is 0 Å². The standard InChI is InChI=1S/C14H14BrF2NO/c1-3-9-4-5-12(19-9)14(18-2)13-10(16)6-8(15)7-11(13)17/h4-7,14,18H,3H2,1-2H3. The first-order valence-electron chi connectivity index (χ1n) is 5.97. The van der Waals surface area contributed by atoms with Crippen molar-refractivity contribution in [2.45, 2.75) is 19.4 Å². The largest absolute Gasteiger partial charge is 0.464 e. The summed E-state index contributed by atoms with van der Waals surface area (Å²) in [6, 6.07) is 5.39. The van der Waals surface area contributed by atoms with Gasteiger partial charge in [-0.15, -0.1) is 0 Å². The molecule has 2 rings (SSSR count). The first-order chi connectivity index (χ1) is 9.06. The van der Waals surface area contributed by atoms with E-state index in [2.05, 4.69) is 21.2 Å². The second-order valence-corrected chi connectivity index (χ2v) is 5.08. The number of rotatable bonds is 4. The molecule has 19 heavy (non-hydrogen) atoms. The number of benzene rings is 1. The molecule has 0 aliphatic rings. The first kappa shape index (κ1) is 14.2. The van der Waals surface area contributed by atoms with Gasteiger partial charge in [-0.1, -0.05) is 22.9 Å². The summed E-state index contributed by atoms with van der Waals surface area (Å²) in [7, 11) is 1.64. The second kappa shape index (κ2) is 5.84. The fourth-order valence-corrected chi connectivity index (χ4v) is 2.40. The SMILES string of the molecule is CCc1ccc(C(NC)c2c(F)cc(Br)cc2F)o1. The quantitative estimate of drug-likeness (QED) is 0.909. The van der Waals surface area contributed by atoms with Crippen LogP contribution < -0.4 is 5.32 Å². The number of hydrogen-bond acceptors (Lipinski definition) is 2. The second-order valence-electron chi connectivity index (χ2n) is 4.16. The van der Waals surface area contributed by atoms with Crippen molar-refractivity contribution in [3.63, 3.8) is 0 Å². The van der Waals surface area contributed by atoms with E-state index in [1.54, 1.807) is 13.1 Å². The van der Waals surface area contributed by atoms with Crippen molar-refractivity contribution in [2.75, 3.05) is 7.05 Å². The fourth-order valence-electron chi connectivity index (χ4n) is 2.00. The van der Waals surface area contributed by atoms with Gasteiger partial charge in [0.1, 0.15) is 23.2 Å². The summed E-state index contributed by atoms with van der Waals surface area (Å²) in [5.74, 6) is 0.0639. The van der Waals surface area contributed by atoms with Crippen LogP contribution >= 0.6 is 15.9 Å². The molecule has 1 heterocycles. The third-order valence-electron chi connectivity index (χ3n) is 2.94. The summed E-state index contributed by atoms with van der Waals surface area (Å²) in [6.45, 7) is 1.96. The molecular formula is C14H14BrF2NO. The smallest absolute Gasteiger partial charge is 0.132 e. The number of furan rings is 1. The van der Waals surface area contributed by atoms with Gasteiger partial charge in [-0.2, -0.15) is 0 Å². The number of hydrogen-bond donors (Lipinski definition) is 1. The van der Waals surface area contributed by atoms with Crippen LogP contribution in [0.15, 0.2) is 33.2 Å². The van der Waals surface area contributed by atoms with Gasteiger partial charge in [0.05, 0.1) is 6.04 Å². The van der Waals surface area contributed by atoms with Crippen LogP contribution in [0.1, 0.15) is 30.0 Å². The van der Waals surface area contributed by atoms with Crippen molar-refractivity contribution >= 4 is 15.9 Å². The summed E-state index contributed by atoms with van der Waals surface area (Å²) in [5, 5.41) is 2.88. The van der Waals surface area contributed by atoms with Crippen molar-refractivity contribution in [1.82, 2.24) is 5.32 Å². The molecule has 0 saturated carbocycles. The highest BCUT2D eigenvalue weighted by Crippen LogP contribution is 2.30. The number of nitrogens with one attached hydrogen (secondary N) is 1. The van der Waals surface area contributed by atoms with Crippen molar-refractivity contribution in [1.29, 1.82) is 0 Å². The lowest BCUT2D eigenvalue weighted by atomic mass is 10.0. The zero-order chi connectivity index (χ0) is 14.0. The Bertz CT molecular complexity index is 560. The van der Waals surface area contributed by atoms with E-state index in [9.17, 15) is 8.78 Å². The van der Waals surface area contributed by atoms with Crippen LogP contribution in [0.25, 0.3) is 0 Å². The molecule has 0 radical (unpaired) electrons. The van der Waals surface area contributed by atoms with Gasteiger partial charge in [0.25, 0.3) is 0 Å². The lowest BCUT2D eigenvalue weighted by Crippen LogP contribution is -2.20. The monoisotopic (exact) mass is 329 g/mol. The summed E-state index contributed by atoms with van der Waals surface area (Å²) in [6.07, 6.45) is 0.738. The zero-order valence-corrected chi connectivity index (χ0v) is 12.2. The molecule has 0 bridgehead atoms. The molecule has 0 saturated heterocycles. The molecule has 1 atom stereocenters. The molecule has 0 fully saturated rings. The Morgan fingerprint density at radius 1 is 1.26 bits per heavy atom. The van der Waals surface area contributed by atoms with Crippen molar-refractivity contribution in [3.8, 4) is 0 Å². The van der Waals surface area contributed by atoms with E-state index >= 15 is 0 Å². The van der Waals surface area contributed by atoms with E-state index in [1.165, 1.54) is 12.1 Å². The Morgan fingerprint density at radius 2 is 1.89 bits per heavy atom. The molecule has 1 unspecified atom stereocenters. The molecule has 1 aromatic heterocycles. The van der Waals surface area contributed by atoms with Crippen LogP contribution in [0, 0.1) is 11.6 Å². The van der Waals surface area contributed by atoms with E-state index in [4.69, 9.17) is 4.42 Å². The molecule has 5 heteroatoms. The molecule has 0 aliphatic heterocycles. The van der Waals surface area contributed by atoms with Crippen molar-refractivity contribution < 1.29 is 13.2 Å². The zero-order valence-electron chi connectivity index (χ0n) is 10.6. The molecule has 0 amide bonds. The van der Waals surface area contributed by atoms with Gasteiger partial charge in [0.15, 0.2) is 0 Å². The van der Waals surface area contributed by atoms with Crippen LogP contribution in [0.2, 0.25) is 0 Å². The van der Waals surface area contributed by atoms with Crippen LogP contribution in [-0.4, -0.2) is 7.05 Å². The van der Waals surface area contributed by atoms with Gasteiger partial charge in [-0.25, -0.2) is 8.78 Å². The number of halogens is 3. The van der Waals surface area contributed by atoms with Gasteiger partial charge in [0, 0.05) is 16.5 Å². The van der Waals surface area contributed by atoms with Crippen LogP contribution in [0.4, 0.5) is 8.78 Å². The molecule has 1 N–H and O–H groups in total. The van der Waals surface area contributed by atoms with E-state index in [-0.39, 0.29) is 5.56 Å². The molecular weight excluding hydrogens is 316 g/mol. The Labute approximate surface area is 118 Å². The maximum Gasteiger partial charge on any atom is 0.132 e. The average Bonchev–Trinajstić information content (AvgIpc) is 2.81. The van der Waals surface area contributed by atoms with Gasteiger partial charge < -0.3 is 9.73 Å². The summed E-state index contributed by atoms with van der Waals surface area (Å²) < 4.78 is 33.9. The van der Waals surface area contributed by atoms with Gasteiger partial charge >= 0.3 is 0 Å². The van der Waals surface area contributed by atoms with Crippen LogP contribution in [0.3, 0.4) is 0 Å². The minimum absolute atomic E-state index is 0.0392. The number of aryl methyl sites for hydroxylation is 1. The lowest BCUT2D eigenvalue weighted by molar-refractivity contribution is 0.416. The third-order valence-corrected chi connectivity index (χ3v) is 3.39. The Kier molecular flexibility index (Phi) is 4.37. The Morgan fingerprint density at radius 3 is 2.37 bits per heavy atom. The normalized spacial score (nSPS) is 12.7. The predicted octanol–water partition coefficient (Wildman–Crippen LogP) is 4.19. The average molecular weight is 330 g/mol. The van der Waals surface area contributed by atoms with E-state index in [0.29, 0.717) is 10.2 Å². The summed E-state index contributed by atoms with van der Waals surface area (Å²) in [5.41, 5.74) is -0.0392. The minimum atomic E-state index is -0.645. The maximum atomic E-state index is 14.0. The lowest BCUT2D eigenvalue weighted by Gasteiger charge is -2.16. The van der Waals surface area contributed by atoms with E-state index < -0.39 is 17.7 Å². The Balaban J connectivity index is 2.47. The molecule has 0 aliphatic carbocycles. The highest BCUT2D eigenvalue weighted by atomic mass is 79.9. The van der Waals surface area contributed by atoms with Crippen LogP contribution in [0.5, 0.6) is 0 Å². The van der Waals surface area contributed by atoms with Gasteiger partial charge in [0.2, 0.25) is 0 Å². The van der Waals surface area contributed by atoms with Gasteiger partial charge in [-0.3, -0.25) is 0 Å². The summed E-state index contributed by atoms with van der Waals surface area (Å²) in [4.78, 5) is 0. The molecule has 1 aromatic carbocycles. The predicted molar refractivity (Wildman–Crippen MR) is 73.0 cm³/mol. The molecule has 0 spiro atoms. The molecule has 2 nitrogen and oxygen atoms in total. The highest BCUT2D eigenvalue weighted by molar-refractivity contribution is 9.10. The molecule has 102 valence electrons. The van der Waals surface area contributed by atoms with E-state index in [1.807, 2.05) is 13.0 Å². The highest BCUT2D eigenvalue weighted by Gasteiger charge is 2.23. The first-order valence-corrected chi connectivity index (χ1v) is 6.76. The maximum absolute atomic E-state index is 14.0. The summed E-state index contributed by atoms with van der Waals surface area (Å²) >= 11 is 3.07. The van der Waals surface area contributed by atoms with Gasteiger partial charge in [-0.05, 0) is 31.3 Å². The fraction of sp³-hybridized carbons (Fsp3) is 0.286. The van der Waals surface area contributed by atoms with Crippen LogP contribution in [-0.2, 0) is 6.42 Å². The van der Waals surface area contributed by atoms with E-state index in [0.717, 1.165) is 12.2 Å².